The number of nitrogens with zero attached hydrogens (tertiary/aromatic N) is 3. The number of amides is 1. The summed E-state index contributed by atoms with van der Waals surface area (Å²) in [6.45, 7) is 4.22. The highest BCUT2D eigenvalue weighted by Crippen LogP contribution is 2.23. The molecule has 1 aromatic heterocycles. The van der Waals surface area contributed by atoms with Crippen molar-refractivity contribution in [1.29, 1.82) is 0 Å². The number of carbonyl (C=O) groups excluding carboxylic acids is 1. The first-order valence-corrected chi connectivity index (χ1v) is 8.66. The zero-order valence-electron chi connectivity index (χ0n) is 14.4. The molecular formula is C18H21ClN4O2. The first-order chi connectivity index (χ1) is 12.1. The molecule has 7 heteroatoms. The van der Waals surface area contributed by atoms with E-state index in [4.69, 9.17) is 16.3 Å². The minimum absolute atomic E-state index is 0.247. The van der Waals surface area contributed by atoms with Crippen LogP contribution in [0.2, 0.25) is 5.02 Å². The van der Waals surface area contributed by atoms with Gasteiger partial charge in [-0.05, 0) is 38.0 Å². The highest BCUT2D eigenvalue weighted by Gasteiger charge is 2.16. The normalized spacial score (nSPS) is 13.8. The van der Waals surface area contributed by atoms with Crippen LogP contribution in [0.25, 0.3) is 0 Å². The van der Waals surface area contributed by atoms with E-state index in [0.717, 1.165) is 24.6 Å². The first kappa shape index (κ1) is 17.5. The fourth-order valence-electron chi connectivity index (χ4n) is 2.91. The van der Waals surface area contributed by atoms with Crippen molar-refractivity contribution in [1.82, 2.24) is 15.3 Å². The van der Waals surface area contributed by atoms with E-state index in [0.29, 0.717) is 22.2 Å². The van der Waals surface area contributed by atoms with Crippen LogP contribution in [0.15, 0.2) is 24.3 Å². The predicted molar refractivity (Wildman–Crippen MR) is 97.4 cm³/mol. The largest absolute Gasteiger partial charge is 0.496 e. The third-order valence-electron chi connectivity index (χ3n) is 4.13. The molecule has 0 radical (unpaired) electrons. The lowest BCUT2D eigenvalue weighted by Gasteiger charge is -2.17. The molecule has 0 bridgehead atoms. The van der Waals surface area contributed by atoms with E-state index in [1.807, 2.05) is 13.0 Å². The Balaban J connectivity index is 1.73. The Hall–Kier alpha value is -2.34. The summed E-state index contributed by atoms with van der Waals surface area (Å²) in [5, 5.41) is 3.32. The Kier molecular flexibility index (Phi) is 5.38. The number of anilines is 1. The number of aryl methyl sites for hydroxylation is 1. The van der Waals surface area contributed by atoms with E-state index in [1.165, 1.54) is 20.0 Å². The van der Waals surface area contributed by atoms with Crippen molar-refractivity contribution >= 4 is 23.3 Å². The molecule has 0 atom stereocenters. The number of nitrogens with one attached hydrogen (secondary N) is 1. The number of aromatic nitrogens is 2. The van der Waals surface area contributed by atoms with Crippen LogP contribution in [0, 0.1) is 6.92 Å². The summed E-state index contributed by atoms with van der Waals surface area (Å²) >= 11 is 5.98. The molecule has 1 aromatic carbocycles. The Bertz CT molecular complexity index is 776. The van der Waals surface area contributed by atoms with Crippen LogP contribution in [0.1, 0.15) is 34.7 Å². The lowest BCUT2D eigenvalue weighted by molar-refractivity contribution is 0.0947. The zero-order valence-corrected chi connectivity index (χ0v) is 15.1. The van der Waals surface area contributed by atoms with Crippen LogP contribution in [0.4, 0.5) is 5.82 Å². The summed E-state index contributed by atoms with van der Waals surface area (Å²) in [4.78, 5) is 23.7. The molecule has 0 spiro atoms. The molecule has 1 aliphatic rings. The molecular weight excluding hydrogens is 340 g/mol. The predicted octanol–water partition coefficient (Wildman–Crippen LogP) is 2.98. The van der Waals surface area contributed by atoms with Gasteiger partial charge < -0.3 is 15.0 Å². The molecule has 2 aromatic rings. The second kappa shape index (κ2) is 7.70. The van der Waals surface area contributed by atoms with Crippen LogP contribution < -0.4 is 15.0 Å². The quantitative estimate of drug-likeness (QED) is 0.887. The molecule has 1 aliphatic heterocycles. The number of carbonyl (C=O) groups is 1. The molecule has 1 saturated heterocycles. The number of rotatable bonds is 5. The van der Waals surface area contributed by atoms with Gasteiger partial charge in [-0.2, -0.15) is 0 Å². The van der Waals surface area contributed by atoms with Crippen LogP contribution >= 0.6 is 11.6 Å². The lowest BCUT2D eigenvalue weighted by Crippen LogP contribution is -2.26. The molecule has 0 unspecified atom stereocenters. The number of hydrogen-bond acceptors (Lipinski definition) is 5. The SMILES string of the molecule is COc1ccc(Cl)cc1C(=O)NCc1nc(C)cc(N2CCCC2)n1. The summed E-state index contributed by atoms with van der Waals surface area (Å²) in [5.41, 5.74) is 1.28. The van der Waals surface area contributed by atoms with Gasteiger partial charge in [0.2, 0.25) is 0 Å². The Morgan fingerprint density at radius 3 is 2.76 bits per heavy atom. The summed E-state index contributed by atoms with van der Waals surface area (Å²) in [6.07, 6.45) is 2.37. The second-order valence-electron chi connectivity index (χ2n) is 6.01. The first-order valence-electron chi connectivity index (χ1n) is 8.28. The molecule has 0 aliphatic carbocycles. The fraction of sp³-hybridized carbons (Fsp3) is 0.389. The van der Waals surface area contributed by atoms with Gasteiger partial charge in [-0.3, -0.25) is 4.79 Å². The van der Waals surface area contributed by atoms with Crippen molar-refractivity contribution in [3.8, 4) is 5.75 Å². The van der Waals surface area contributed by atoms with Gasteiger partial charge in [0.25, 0.3) is 5.91 Å². The molecule has 6 nitrogen and oxygen atoms in total. The topological polar surface area (TPSA) is 67.3 Å². The molecule has 3 rings (SSSR count). The Morgan fingerprint density at radius 1 is 1.28 bits per heavy atom. The average Bonchev–Trinajstić information content (AvgIpc) is 3.14. The molecule has 1 N–H and O–H groups in total. The van der Waals surface area contributed by atoms with E-state index in [-0.39, 0.29) is 12.5 Å². The number of hydrogen-bond donors (Lipinski definition) is 1. The highest BCUT2D eigenvalue weighted by atomic mass is 35.5. The maximum absolute atomic E-state index is 12.5. The van der Waals surface area contributed by atoms with Gasteiger partial charge in [-0.1, -0.05) is 11.6 Å². The summed E-state index contributed by atoms with van der Waals surface area (Å²) < 4.78 is 5.22. The van der Waals surface area contributed by atoms with E-state index in [9.17, 15) is 4.79 Å². The number of benzene rings is 1. The third-order valence-corrected chi connectivity index (χ3v) is 4.37. The molecule has 0 saturated carbocycles. The Morgan fingerprint density at radius 2 is 2.04 bits per heavy atom. The van der Waals surface area contributed by atoms with Gasteiger partial charge in [0.05, 0.1) is 19.2 Å². The van der Waals surface area contributed by atoms with Crippen molar-refractivity contribution in [3.63, 3.8) is 0 Å². The fourth-order valence-corrected chi connectivity index (χ4v) is 3.08. The van der Waals surface area contributed by atoms with Crippen LogP contribution in [0.5, 0.6) is 5.75 Å². The van der Waals surface area contributed by atoms with Crippen LogP contribution in [-0.2, 0) is 6.54 Å². The second-order valence-corrected chi connectivity index (χ2v) is 6.44. The Labute approximate surface area is 152 Å². The van der Waals surface area contributed by atoms with Crippen molar-refractivity contribution in [3.05, 3.63) is 46.4 Å². The minimum atomic E-state index is -0.271. The van der Waals surface area contributed by atoms with Gasteiger partial charge in [0.1, 0.15) is 17.4 Å². The van der Waals surface area contributed by atoms with E-state index in [1.54, 1.807) is 18.2 Å². The van der Waals surface area contributed by atoms with Crippen molar-refractivity contribution in [2.24, 2.45) is 0 Å². The van der Waals surface area contributed by atoms with Gasteiger partial charge in [-0.25, -0.2) is 9.97 Å². The molecule has 2 heterocycles. The van der Waals surface area contributed by atoms with Crippen molar-refractivity contribution in [2.75, 3.05) is 25.1 Å². The third kappa shape index (κ3) is 4.20. The van der Waals surface area contributed by atoms with E-state index in [2.05, 4.69) is 20.2 Å². The number of methoxy groups -OCH3 is 1. The van der Waals surface area contributed by atoms with E-state index < -0.39 is 0 Å². The zero-order chi connectivity index (χ0) is 17.8. The van der Waals surface area contributed by atoms with Crippen molar-refractivity contribution in [2.45, 2.75) is 26.3 Å². The van der Waals surface area contributed by atoms with Gasteiger partial charge in [0.15, 0.2) is 0 Å². The average molecular weight is 361 g/mol. The maximum atomic E-state index is 12.5. The number of halogens is 1. The van der Waals surface area contributed by atoms with Crippen LogP contribution in [0.3, 0.4) is 0 Å². The monoisotopic (exact) mass is 360 g/mol. The summed E-state index contributed by atoms with van der Waals surface area (Å²) in [5.74, 6) is 1.72. The van der Waals surface area contributed by atoms with Gasteiger partial charge >= 0.3 is 0 Å². The molecule has 132 valence electrons. The highest BCUT2D eigenvalue weighted by molar-refractivity contribution is 6.31. The minimum Gasteiger partial charge on any atom is -0.496 e. The molecule has 25 heavy (non-hydrogen) atoms. The number of ether oxygens (including phenoxy) is 1. The standard InChI is InChI=1S/C18H21ClN4O2/c1-12-9-17(23-7-3-4-8-23)22-16(21-12)11-20-18(24)14-10-13(19)5-6-15(14)25-2/h5-6,9-10H,3-4,7-8,11H2,1-2H3,(H,20,24). The van der Waals surface area contributed by atoms with Crippen molar-refractivity contribution < 1.29 is 9.53 Å². The van der Waals surface area contributed by atoms with Gasteiger partial charge in [-0.15, -0.1) is 0 Å². The van der Waals surface area contributed by atoms with Crippen LogP contribution in [-0.4, -0.2) is 36.1 Å². The smallest absolute Gasteiger partial charge is 0.255 e. The summed E-state index contributed by atoms with van der Waals surface area (Å²) in [7, 11) is 1.52. The molecule has 1 fully saturated rings. The van der Waals surface area contributed by atoms with Gasteiger partial charge in [0, 0.05) is 29.9 Å². The molecule has 1 amide bonds. The van der Waals surface area contributed by atoms with E-state index >= 15 is 0 Å². The maximum Gasteiger partial charge on any atom is 0.255 e. The lowest BCUT2D eigenvalue weighted by atomic mass is 10.2. The summed E-state index contributed by atoms with van der Waals surface area (Å²) in [6, 6.07) is 6.92.